The molecule has 0 spiro atoms. The van der Waals surface area contributed by atoms with Crippen molar-refractivity contribution in [1.82, 2.24) is 9.80 Å². The van der Waals surface area contributed by atoms with Crippen LogP contribution in [0, 0.1) is 0 Å². The van der Waals surface area contributed by atoms with Gasteiger partial charge in [0, 0.05) is 26.2 Å². The molecule has 7 heteroatoms. The summed E-state index contributed by atoms with van der Waals surface area (Å²) >= 11 is 20.9. The molecule has 0 aliphatic rings. The van der Waals surface area contributed by atoms with E-state index in [2.05, 4.69) is 37.5 Å². The average Bonchev–Trinajstić information content (AvgIpc) is 3.01. The molecule has 0 fully saturated rings. The fourth-order valence-electron chi connectivity index (χ4n) is 5.63. The van der Waals surface area contributed by atoms with Gasteiger partial charge in [0.25, 0.3) is 0 Å². The van der Waals surface area contributed by atoms with Crippen LogP contribution in [0.3, 0.4) is 0 Å². The summed E-state index contributed by atoms with van der Waals surface area (Å²) in [6.45, 7) is 13.4. The van der Waals surface area contributed by atoms with E-state index in [1.54, 1.807) is 0 Å². The minimum atomic E-state index is 0. The third-order valence-electron chi connectivity index (χ3n) is 8.64. The maximum atomic E-state index is 5.23. The van der Waals surface area contributed by atoms with Gasteiger partial charge in [0.2, 0.25) is 0 Å². The Morgan fingerprint density at radius 3 is 0.644 bits per heavy atom. The van der Waals surface area contributed by atoms with Crippen LogP contribution in [-0.4, -0.2) is 44.6 Å². The molecule has 0 aliphatic carbocycles. The summed E-state index contributed by atoms with van der Waals surface area (Å²) in [5, 5.41) is 0. The molecule has 271 valence electrons. The smallest absolute Gasteiger partial charge is 0.411 e. The van der Waals surface area contributed by atoms with Crippen LogP contribution in [0.25, 0.3) is 0 Å². The topological polar surface area (TPSA) is 6.48 Å². The Bertz CT molecular complexity index is 508. The van der Waals surface area contributed by atoms with Crippen molar-refractivity contribution in [3.63, 3.8) is 0 Å². The van der Waals surface area contributed by atoms with Gasteiger partial charge in [-0.1, -0.05) is 190 Å². The number of nitrogens with zero attached hydrogens (tertiary/aromatic N) is 2. The first-order chi connectivity index (χ1) is 21.4. The van der Waals surface area contributed by atoms with Crippen molar-refractivity contribution in [2.24, 2.45) is 0 Å². The normalized spacial score (nSPS) is 10.6. The van der Waals surface area contributed by atoms with Crippen molar-refractivity contribution >= 4 is 58.3 Å². The summed E-state index contributed by atoms with van der Waals surface area (Å²) < 4.78 is 1.36. The molecule has 0 amide bonds. The van der Waals surface area contributed by atoms with E-state index in [4.69, 9.17) is 49.7 Å². The second kappa shape index (κ2) is 42.7. The summed E-state index contributed by atoms with van der Waals surface area (Å²) in [7, 11) is 0. The minimum Gasteiger partial charge on any atom is -0.411 e. The summed E-state index contributed by atoms with van der Waals surface area (Å²) in [5.74, 6) is 0. The van der Waals surface area contributed by atoms with E-state index in [-0.39, 0.29) is 16.8 Å². The number of hydrogen-bond acceptors (Lipinski definition) is 4. The Kier molecular flexibility index (Phi) is 47.6. The van der Waals surface area contributed by atoms with Crippen molar-refractivity contribution in [3.05, 3.63) is 0 Å². The zero-order valence-electron chi connectivity index (χ0n) is 30.5. The Morgan fingerprint density at radius 1 is 0.333 bits per heavy atom. The number of rotatable bonds is 32. The molecule has 1 radical (unpaired) electrons. The Labute approximate surface area is 316 Å². The molecule has 0 atom stereocenters. The minimum absolute atomic E-state index is 0. The predicted octanol–water partition coefficient (Wildman–Crippen LogP) is 13.2. The Morgan fingerprint density at radius 2 is 0.489 bits per heavy atom. The molecular weight excluding hydrogens is 672 g/mol. The van der Waals surface area contributed by atoms with Gasteiger partial charge in [-0.3, -0.25) is 0 Å². The van der Waals surface area contributed by atoms with E-state index in [0.717, 1.165) is 26.2 Å². The van der Waals surface area contributed by atoms with Crippen LogP contribution in [0.1, 0.15) is 207 Å². The van der Waals surface area contributed by atoms with Crippen LogP contribution in [0.5, 0.6) is 0 Å². The fourth-order valence-corrected chi connectivity index (χ4v) is 6.36. The van der Waals surface area contributed by atoms with E-state index >= 15 is 0 Å². The number of hydrogen-bond donors (Lipinski definition) is 0. The molecule has 2 nitrogen and oxygen atoms in total. The van der Waals surface area contributed by atoms with Crippen molar-refractivity contribution < 1.29 is 16.8 Å². The van der Waals surface area contributed by atoms with Crippen LogP contribution in [-0.2, 0) is 42.0 Å². The maximum absolute atomic E-state index is 5.23. The van der Waals surface area contributed by atoms with Gasteiger partial charge in [0.05, 0.1) is 0 Å². The van der Waals surface area contributed by atoms with E-state index in [1.807, 2.05) is 0 Å². The molecule has 0 aromatic rings. The summed E-state index contributed by atoms with van der Waals surface area (Å²) in [5.41, 5.74) is 0. The van der Waals surface area contributed by atoms with Crippen molar-refractivity contribution in [2.45, 2.75) is 207 Å². The van der Waals surface area contributed by atoms with Gasteiger partial charge in [-0.15, -0.1) is 0 Å². The third kappa shape index (κ3) is 40.8. The van der Waals surface area contributed by atoms with Gasteiger partial charge in [-0.2, -0.15) is 0 Å². The first kappa shape index (κ1) is 50.1. The zero-order valence-corrected chi connectivity index (χ0v) is 34.8. The zero-order chi connectivity index (χ0) is 32.9. The van der Waals surface area contributed by atoms with Crippen molar-refractivity contribution in [2.75, 3.05) is 26.2 Å². The van der Waals surface area contributed by atoms with Gasteiger partial charge >= 0.3 is 16.8 Å². The molecule has 0 N–H and O–H groups in total. The van der Waals surface area contributed by atoms with Gasteiger partial charge in [-0.05, 0) is 25.7 Å². The van der Waals surface area contributed by atoms with Crippen LogP contribution < -0.4 is 0 Å². The van der Waals surface area contributed by atoms with E-state index in [9.17, 15) is 0 Å². The standard InChI is InChI=1S/2C19H39NS2.Co/c2*1-3-5-7-9-11-13-15-17-20(19(21)22)18-16-14-12-10-8-6-4-2;/h2*3-18H2,1-2H3,(H,21,22);/q;;+2/p-2. The van der Waals surface area contributed by atoms with Crippen LogP contribution >= 0.6 is 24.4 Å². The molecule has 0 aliphatic heterocycles. The third-order valence-corrected chi connectivity index (χ3v) is 9.68. The second-order valence-electron chi connectivity index (χ2n) is 13.0. The summed E-state index contributed by atoms with van der Waals surface area (Å²) in [4.78, 5) is 4.51. The summed E-state index contributed by atoms with van der Waals surface area (Å²) in [6.07, 6.45) is 37.8. The molecule has 0 saturated carbocycles. The molecule has 0 aromatic heterocycles. The van der Waals surface area contributed by atoms with Crippen molar-refractivity contribution in [1.29, 1.82) is 0 Å². The van der Waals surface area contributed by atoms with E-state index < -0.39 is 0 Å². The monoisotopic (exact) mass is 747 g/mol. The Hall–Kier alpha value is 0.726. The van der Waals surface area contributed by atoms with Gasteiger partial charge < -0.3 is 59.5 Å². The molecule has 45 heavy (non-hydrogen) atoms. The van der Waals surface area contributed by atoms with E-state index in [0.29, 0.717) is 8.64 Å². The maximum Gasteiger partial charge on any atom is 2.00 e. The number of thiocarbonyl (C=S) groups is 2. The fraction of sp³-hybridized carbons (Fsp3) is 0.947. The molecule has 0 heterocycles. The Balaban J connectivity index is -0.000000767. The molecular formula is C38H76CoN2S4. The first-order valence-corrected chi connectivity index (χ1v) is 21.0. The molecule has 0 bridgehead atoms. The second-order valence-corrected chi connectivity index (χ2v) is 15.1. The van der Waals surface area contributed by atoms with Gasteiger partial charge in [0.15, 0.2) is 0 Å². The van der Waals surface area contributed by atoms with Gasteiger partial charge in [0.1, 0.15) is 0 Å². The summed E-state index contributed by atoms with van der Waals surface area (Å²) in [6, 6.07) is 0. The average molecular weight is 748 g/mol. The number of unbranched alkanes of at least 4 members (excludes halogenated alkanes) is 24. The van der Waals surface area contributed by atoms with Crippen LogP contribution in [0.15, 0.2) is 0 Å². The molecule has 0 rings (SSSR count). The largest absolute Gasteiger partial charge is 2.00 e. The predicted molar refractivity (Wildman–Crippen MR) is 215 cm³/mol. The van der Waals surface area contributed by atoms with Crippen LogP contribution in [0.4, 0.5) is 0 Å². The van der Waals surface area contributed by atoms with Gasteiger partial charge in [-0.25, -0.2) is 0 Å². The molecule has 0 aromatic carbocycles. The van der Waals surface area contributed by atoms with Crippen LogP contribution in [0.2, 0.25) is 0 Å². The SMILES string of the molecule is CCCCCCCCCN(CCCCCCCCC)C(=S)[S-].CCCCCCCCCN(CCCCCCCCC)C(=S)[S-].[Co+2]. The molecule has 0 saturated heterocycles. The molecule has 0 unspecified atom stereocenters. The van der Waals surface area contributed by atoms with E-state index in [1.165, 1.54) is 180 Å². The quantitative estimate of drug-likeness (QED) is 0.0381. The first-order valence-electron chi connectivity index (χ1n) is 19.4. The van der Waals surface area contributed by atoms with Crippen molar-refractivity contribution in [3.8, 4) is 0 Å².